The molecular formula is C20H21NOS. The molecule has 0 aliphatic heterocycles. The number of thiophene rings is 1. The van der Waals surface area contributed by atoms with Crippen molar-refractivity contribution >= 4 is 28.3 Å². The van der Waals surface area contributed by atoms with E-state index in [2.05, 4.69) is 24.0 Å². The summed E-state index contributed by atoms with van der Waals surface area (Å²) in [6.45, 7) is 3.76. The van der Waals surface area contributed by atoms with Crippen LogP contribution in [-0.2, 0) is 12.8 Å². The van der Waals surface area contributed by atoms with Gasteiger partial charge >= 0.3 is 0 Å². The average Bonchev–Trinajstić information content (AvgIpc) is 2.93. The number of hydrogen-bond donors (Lipinski definition) is 1. The topological polar surface area (TPSA) is 29.1 Å². The first-order chi connectivity index (χ1) is 11.3. The maximum Gasteiger partial charge on any atom is 0.256 e. The van der Waals surface area contributed by atoms with Crippen molar-refractivity contribution in [3.8, 4) is 0 Å². The SMILES string of the molecule is C=CC/C=C/c1c(NC(=O)c2ccccc2)sc2c1CCCC2. The van der Waals surface area contributed by atoms with E-state index < -0.39 is 0 Å². The van der Waals surface area contributed by atoms with Crippen molar-refractivity contribution in [1.29, 1.82) is 0 Å². The molecule has 0 atom stereocenters. The van der Waals surface area contributed by atoms with Gasteiger partial charge in [-0.05, 0) is 49.8 Å². The third-order valence-electron chi connectivity index (χ3n) is 4.06. The lowest BCUT2D eigenvalue weighted by molar-refractivity contribution is 0.102. The van der Waals surface area contributed by atoms with Gasteiger partial charge in [-0.3, -0.25) is 4.79 Å². The molecule has 0 spiro atoms. The molecule has 0 saturated carbocycles. The number of carbonyl (C=O) groups excluding carboxylic acids is 1. The summed E-state index contributed by atoms with van der Waals surface area (Å²) >= 11 is 1.73. The van der Waals surface area contributed by atoms with Crippen molar-refractivity contribution in [2.24, 2.45) is 0 Å². The van der Waals surface area contributed by atoms with Crippen LogP contribution >= 0.6 is 11.3 Å². The fourth-order valence-corrected chi connectivity index (χ4v) is 4.18. The second-order valence-electron chi connectivity index (χ2n) is 5.70. The Kier molecular flexibility index (Phi) is 5.09. The summed E-state index contributed by atoms with van der Waals surface area (Å²) in [6.07, 6.45) is 11.7. The first-order valence-corrected chi connectivity index (χ1v) is 8.89. The van der Waals surface area contributed by atoms with E-state index in [0.717, 1.165) is 24.3 Å². The van der Waals surface area contributed by atoms with E-state index in [4.69, 9.17) is 0 Å². The van der Waals surface area contributed by atoms with E-state index in [1.807, 2.05) is 36.4 Å². The van der Waals surface area contributed by atoms with Crippen LogP contribution in [0.3, 0.4) is 0 Å². The Labute approximate surface area is 141 Å². The van der Waals surface area contributed by atoms with Crippen LogP contribution in [-0.4, -0.2) is 5.91 Å². The Morgan fingerprint density at radius 1 is 1.22 bits per heavy atom. The van der Waals surface area contributed by atoms with Gasteiger partial charge in [-0.2, -0.15) is 0 Å². The van der Waals surface area contributed by atoms with Crippen LogP contribution < -0.4 is 5.32 Å². The fraction of sp³-hybridized carbons (Fsp3) is 0.250. The monoisotopic (exact) mass is 323 g/mol. The Balaban J connectivity index is 1.90. The molecule has 0 saturated heterocycles. The molecule has 3 heteroatoms. The Morgan fingerprint density at radius 2 is 2.00 bits per heavy atom. The van der Waals surface area contributed by atoms with Crippen molar-refractivity contribution in [3.63, 3.8) is 0 Å². The summed E-state index contributed by atoms with van der Waals surface area (Å²) in [5, 5.41) is 4.09. The van der Waals surface area contributed by atoms with E-state index >= 15 is 0 Å². The van der Waals surface area contributed by atoms with E-state index in [1.165, 1.54) is 28.8 Å². The molecule has 1 amide bonds. The summed E-state index contributed by atoms with van der Waals surface area (Å²) < 4.78 is 0. The van der Waals surface area contributed by atoms with Gasteiger partial charge in [-0.25, -0.2) is 0 Å². The second-order valence-corrected chi connectivity index (χ2v) is 6.81. The standard InChI is InChI=1S/C20H21NOS/c1-2-3-5-13-17-16-12-8-9-14-18(16)23-20(17)21-19(22)15-10-6-4-7-11-15/h2,4-7,10-11,13H,1,3,8-9,12,14H2,(H,21,22)/b13-5+. The summed E-state index contributed by atoms with van der Waals surface area (Å²) in [5.41, 5.74) is 3.31. The maximum absolute atomic E-state index is 12.5. The van der Waals surface area contributed by atoms with Crippen LogP contribution in [0.1, 0.15) is 45.6 Å². The largest absolute Gasteiger partial charge is 0.313 e. The van der Waals surface area contributed by atoms with Crippen molar-refractivity contribution < 1.29 is 4.79 Å². The number of amides is 1. The van der Waals surface area contributed by atoms with Gasteiger partial charge in [-0.15, -0.1) is 17.9 Å². The number of allylic oxidation sites excluding steroid dienone is 2. The van der Waals surface area contributed by atoms with Gasteiger partial charge in [0.1, 0.15) is 5.00 Å². The predicted octanol–water partition coefficient (Wildman–Crippen LogP) is 5.47. The lowest BCUT2D eigenvalue weighted by atomic mass is 9.95. The van der Waals surface area contributed by atoms with Crippen LogP contribution in [0.15, 0.2) is 49.1 Å². The molecule has 23 heavy (non-hydrogen) atoms. The summed E-state index contributed by atoms with van der Waals surface area (Å²) in [4.78, 5) is 13.9. The molecule has 2 aromatic rings. The van der Waals surface area contributed by atoms with Crippen molar-refractivity contribution in [2.75, 3.05) is 5.32 Å². The number of benzene rings is 1. The average molecular weight is 323 g/mol. The van der Waals surface area contributed by atoms with Gasteiger partial charge < -0.3 is 5.32 Å². The van der Waals surface area contributed by atoms with E-state index in [1.54, 1.807) is 11.3 Å². The number of fused-ring (bicyclic) bond motifs is 1. The van der Waals surface area contributed by atoms with Gasteiger partial charge in [0.15, 0.2) is 0 Å². The minimum atomic E-state index is -0.0393. The van der Waals surface area contributed by atoms with E-state index in [-0.39, 0.29) is 5.91 Å². The number of carbonyl (C=O) groups is 1. The molecule has 1 aromatic heterocycles. The highest BCUT2D eigenvalue weighted by atomic mass is 32.1. The van der Waals surface area contributed by atoms with Gasteiger partial charge in [0.05, 0.1) is 0 Å². The molecule has 0 radical (unpaired) electrons. The second kappa shape index (κ2) is 7.42. The lowest BCUT2D eigenvalue weighted by Gasteiger charge is -2.11. The summed E-state index contributed by atoms with van der Waals surface area (Å²) in [6, 6.07) is 9.38. The first-order valence-electron chi connectivity index (χ1n) is 8.08. The molecule has 1 aliphatic rings. The Morgan fingerprint density at radius 3 is 2.78 bits per heavy atom. The zero-order valence-electron chi connectivity index (χ0n) is 13.2. The lowest BCUT2D eigenvalue weighted by Crippen LogP contribution is -2.11. The van der Waals surface area contributed by atoms with Crippen LogP contribution in [0.4, 0.5) is 5.00 Å². The molecule has 1 N–H and O–H groups in total. The molecular weight excluding hydrogens is 302 g/mol. The Bertz CT molecular complexity index is 728. The summed E-state index contributed by atoms with van der Waals surface area (Å²) in [5.74, 6) is -0.0393. The van der Waals surface area contributed by atoms with Gasteiger partial charge in [-0.1, -0.05) is 36.4 Å². The smallest absolute Gasteiger partial charge is 0.256 e. The highest BCUT2D eigenvalue weighted by Crippen LogP contribution is 2.39. The number of rotatable bonds is 5. The third-order valence-corrected chi connectivity index (χ3v) is 5.29. The number of hydrogen-bond acceptors (Lipinski definition) is 2. The maximum atomic E-state index is 12.5. The van der Waals surface area contributed by atoms with Crippen LogP contribution in [0.5, 0.6) is 0 Å². The van der Waals surface area contributed by atoms with Gasteiger partial charge in [0.25, 0.3) is 5.91 Å². The third kappa shape index (κ3) is 3.62. The van der Waals surface area contributed by atoms with Gasteiger partial charge in [0.2, 0.25) is 0 Å². The molecule has 0 bridgehead atoms. The van der Waals surface area contributed by atoms with Crippen LogP contribution in [0, 0.1) is 0 Å². The molecule has 2 nitrogen and oxygen atoms in total. The summed E-state index contributed by atoms with van der Waals surface area (Å²) in [7, 11) is 0. The number of anilines is 1. The molecule has 118 valence electrons. The minimum absolute atomic E-state index is 0.0393. The molecule has 1 heterocycles. The van der Waals surface area contributed by atoms with E-state index in [0.29, 0.717) is 5.56 Å². The molecule has 1 aliphatic carbocycles. The fourth-order valence-electron chi connectivity index (χ4n) is 2.91. The first kappa shape index (κ1) is 15.8. The molecule has 0 fully saturated rings. The highest BCUT2D eigenvalue weighted by molar-refractivity contribution is 7.16. The quantitative estimate of drug-likeness (QED) is 0.726. The van der Waals surface area contributed by atoms with Crippen molar-refractivity contribution in [2.45, 2.75) is 32.1 Å². The number of aryl methyl sites for hydroxylation is 1. The van der Waals surface area contributed by atoms with Crippen LogP contribution in [0.25, 0.3) is 6.08 Å². The molecule has 1 aromatic carbocycles. The molecule has 3 rings (SSSR count). The normalized spacial score (nSPS) is 13.7. The Hall–Kier alpha value is -2.13. The minimum Gasteiger partial charge on any atom is -0.313 e. The zero-order valence-corrected chi connectivity index (χ0v) is 14.0. The van der Waals surface area contributed by atoms with Crippen LogP contribution in [0.2, 0.25) is 0 Å². The van der Waals surface area contributed by atoms with E-state index in [9.17, 15) is 4.79 Å². The highest BCUT2D eigenvalue weighted by Gasteiger charge is 2.20. The number of nitrogens with one attached hydrogen (secondary N) is 1. The molecule has 0 unspecified atom stereocenters. The van der Waals surface area contributed by atoms with Gasteiger partial charge in [0, 0.05) is 16.0 Å². The van der Waals surface area contributed by atoms with Crippen molar-refractivity contribution in [3.05, 3.63) is 70.6 Å². The predicted molar refractivity (Wildman–Crippen MR) is 99.2 cm³/mol. The zero-order chi connectivity index (χ0) is 16.1. The van der Waals surface area contributed by atoms with Crippen molar-refractivity contribution in [1.82, 2.24) is 0 Å².